The molecular formula is C22H35N3O2S2. The lowest BCUT2D eigenvalue weighted by molar-refractivity contribution is 0.277. The van der Waals surface area contributed by atoms with Crippen molar-refractivity contribution in [1.82, 2.24) is 15.1 Å². The molecule has 1 aromatic rings. The molecule has 1 N–H and O–H groups in total. The summed E-state index contributed by atoms with van der Waals surface area (Å²) in [5.74, 6) is 0. The van der Waals surface area contributed by atoms with Crippen LogP contribution in [0.5, 0.6) is 0 Å². The summed E-state index contributed by atoms with van der Waals surface area (Å²) >= 11 is 5.75. The fourth-order valence-corrected chi connectivity index (χ4v) is 5.28. The molecule has 5 nitrogen and oxygen atoms in total. The van der Waals surface area contributed by atoms with Crippen LogP contribution in [0, 0.1) is 0 Å². The van der Waals surface area contributed by atoms with Crippen molar-refractivity contribution in [2.75, 3.05) is 32.4 Å². The zero-order chi connectivity index (χ0) is 20.7. The summed E-state index contributed by atoms with van der Waals surface area (Å²) in [6, 6.07) is 7.82. The number of thiocarbonyl (C=S) groups is 1. The third-order valence-electron chi connectivity index (χ3n) is 6.07. The number of nitrogens with one attached hydrogen (secondary N) is 1. The van der Waals surface area contributed by atoms with Gasteiger partial charge in [0.2, 0.25) is 0 Å². The molecule has 7 heteroatoms. The highest BCUT2D eigenvalue weighted by Crippen LogP contribution is 2.18. The van der Waals surface area contributed by atoms with E-state index in [2.05, 4.69) is 15.1 Å². The second-order valence-corrected chi connectivity index (χ2v) is 10.9. The van der Waals surface area contributed by atoms with Crippen molar-refractivity contribution in [2.24, 2.45) is 0 Å². The number of sulfone groups is 1. The Kier molecular flexibility index (Phi) is 8.33. The summed E-state index contributed by atoms with van der Waals surface area (Å²) in [6.07, 6.45) is 11.5. The fraction of sp³-hybridized carbons (Fsp3) is 0.682. The van der Waals surface area contributed by atoms with Gasteiger partial charge in [-0.15, -0.1) is 0 Å². The molecule has 2 fully saturated rings. The minimum Gasteiger partial charge on any atom is -0.360 e. The fourth-order valence-electron chi connectivity index (χ4n) is 4.30. The van der Waals surface area contributed by atoms with Crippen LogP contribution >= 0.6 is 12.2 Å². The molecule has 1 heterocycles. The Morgan fingerprint density at radius 1 is 0.966 bits per heavy atom. The molecule has 3 rings (SSSR count). The van der Waals surface area contributed by atoms with E-state index in [1.165, 1.54) is 51.2 Å². The second-order valence-electron chi connectivity index (χ2n) is 8.52. The van der Waals surface area contributed by atoms with Crippen molar-refractivity contribution in [3.63, 3.8) is 0 Å². The van der Waals surface area contributed by atoms with E-state index in [0.717, 1.165) is 49.8 Å². The van der Waals surface area contributed by atoms with Crippen molar-refractivity contribution >= 4 is 27.2 Å². The minimum absolute atomic E-state index is 0.383. The van der Waals surface area contributed by atoms with Gasteiger partial charge in [-0.2, -0.15) is 0 Å². The largest absolute Gasteiger partial charge is 0.360 e. The normalized spacial score (nSPS) is 20.5. The molecule has 0 amide bonds. The molecule has 0 aromatic heterocycles. The predicted molar refractivity (Wildman–Crippen MR) is 123 cm³/mol. The molecule has 2 aliphatic rings. The predicted octanol–water partition coefficient (Wildman–Crippen LogP) is 3.59. The SMILES string of the molecule is CS(=O)(=O)c1ccc(CN2CCCN(C(=S)NC3CCCCCCC3)CC2)cc1. The third-order valence-corrected chi connectivity index (χ3v) is 7.57. The Bertz CT molecular complexity index is 757. The molecule has 0 atom stereocenters. The Hall–Kier alpha value is -1.18. The van der Waals surface area contributed by atoms with Crippen LogP contribution in [-0.2, 0) is 16.4 Å². The first-order chi connectivity index (χ1) is 13.9. The van der Waals surface area contributed by atoms with Crippen LogP contribution in [0.1, 0.15) is 56.9 Å². The summed E-state index contributed by atoms with van der Waals surface area (Å²) in [7, 11) is -3.13. The Morgan fingerprint density at radius 3 is 2.28 bits per heavy atom. The van der Waals surface area contributed by atoms with Crippen LogP contribution in [0.15, 0.2) is 29.2 Å². The maximum Gasteiger partial charge on any atom is 0.175 e. The number of nitrogens with zero attached hydrogens (tertiary/aromatic N) is 2. The first kappa shape index (κ1) is 22.5. The summed E-state index contributed by atoms with van der Waals surface area (Å²) in [4.78, 5) is 5.16. The lowest BCUT2D eigenvalue weighted by Gasteiger charge is -2.29. The first-order valence-corrected chi connectivity index (χ1v) is 13.3. The standard InChI is InChI=1S/C22H35N3O2S2/c1-29(26,27)21-12-10-19(11-13-21)18-24-14-7-15-25(17-16-24)22(28)23-20-8-5-3-2-4-6-9-20/h10-13,20H,2-9,14-18H2,1H3,(H,23,28). The topological polar surface area (TPSA) is 52.7 Å². The molecule has 1 aliphatic carbocycles. The van der Waals surface area contributed by atoms with Gasteiger partial charge < -0.3 is 10.2 Å². The van der Waals surface area contributed by atoms with Gasteiger partial charge >= 0.3 is 0 Å². The quantitative estimate of drug-likeness (QED) is 0.727. The maximum atomic E-state index is 11.6. The van der Waals surface area contributed by atoms with E-state index in [9.17, 15) is 8.42 Å². The van der Waals surface area contributed by atoms with Gasteiger partial charge in [-0.25, -0.2) is 8.42 Å². The van der Waals surface area contributed by atoms with E-state index in [4.69, 9.17) is 12.2 Å². The van der Waals surface area contributed by atoms with Crippen molar-refractivity contribution in [3.05, 3.63) is 29.8 Å². The summed E-state index contributed by atoms with van der Waals surface area (Å²) in [5.41, 5.74) is 1.15. The van der Waals surface area contributed by atoms with Crippen molar-refractivity contribution in [3.8, 4) is 0 Å². The van der Waals surface area contributed by atoms with Crippen LogP contribution < -0.4 is 5.32 Å². The highest BCUT2D eigenvalue weighted by atomic mass is 32.2. The Labute approximate surface area is 181 Å². The van der Waals surface area contributed by atoms with Gasteiger partial charge in [-0.1, -0.05) is 44.2 Å². The summed E-state index contributed by atoms with van der Waals surface area (Å²) in [6.45, 7) is 4.80. The van der Waals surface area contributed by atoms with Gasteiger partial charge in [-0.3, -0.25) is 4.90 Å². The lowest BCUT2D eigenvalue weighted by atomic mass is 9.97. The number of hydrogen-bond donors (Lipinski definition) is 1. The van der Waals surface area contributed by atoms with Crippen LogP contribution in [0.4, 0.5) is 0 Å². The van der Waals surface area contributed by atoms with E-state index in [1.54, 1.807) is 12.1 Å². The molecule has 1 saturated carbocycles. The zero-order valence-electron chi connectivity index (χ0n) is 17.6. The van der Waals surface area contributed by atoms with Crippen LogP contribution in [0.3, 0.4) is 0 Å². The van der Waals surface area contributed by atoms with Gasteiger partial charge in [0.1, 0.15) is 0 Å². The van der Waals surface area contributed by atoms with Gasteiger partial charge in [0.25, 0.3) is 0 Å². The smallest absolute Gasteiger partial charge is 0.175 e. The van der Waals surface area contributed by atoms with Gasteiger partial charge in [0, 0.05) is 45.0 Å². The van der Waals surface area contributed by atoms with Crippen LogP contribution in [0.25, 0.3) is 0 Å². The van der Waals surface area contributed by atoms with Crippen LogP contribution in [-0.4, -0.2) is 61.8 Å². The Morgan fingerprint density at radius 2 is 1.62 bits per heavy atom. The molecule has 0 unspecified atom stereocenters. The molecule has 0 spiro atoms. The molecule has 1 aliphatic heterocycles. The van der Waals surface area contributed by atoms with Crippen molar-refractivity contribution in [2.45, 2.75) is 68.8 Å². The first-order valence-electron chi connectivity index (χ1n) is 11.0. The third kappa shape index (κ3) is 7.23. The Balaban J connectivity index is 1.48. The highest BCUT2D eigenvalue weighted by Gasteiger charge is 2.20. The average Bonchev–Trinajstić information content (AvgIpc) is 2.89. The molecular weight excluding hydrogens is 402 g/mol. The van der Waals surface area contributed by atoms with Gasteiger partial charge in [0.05, 0.1) is 4.90 Å². The highest BCUT2D eigenvalue weighted by molar-refractivity contribution is 7.90. The molecule has 1 aromatic carbocycles. The monoisotopic (exact) mass is 437 g/mol. The number of rotatable bonds is 4. The van der Waals surface area contributed by atoms with E-state index in [0.29, 0.717) is 10.9 Å². The van der Waals surface area contributed by atoms with E-state index < -0.39 is 9.84 Å². The molecule has 0 radical (unpaired) electrons. The summed E-state index contributed by atoms with van der Waals surface area (Å²) < 4.78 is 23.2. The lowest BCUT2D eigenvalue weighted by Crippen LogP contribution is -2.46. The van der Waals surface area contributed by atoms with E-state index in [1.807, 2.05) is 12.1 Å². The van der Waals surface area contributed by atoms with Crippen molar-refractivity contribution in [1.29, 1.82) is 0 Å². The van der Waals surface area contributed by atoms with Crippen molar-refractivity contribution < 1.29 is 8.42 Å². The molecule has 29 heavy (non-hydrogen) atoms. The van der Waals surface area contributed by atoms with Gasteiger partial charge in [0.15, 0.2) is 14.9 Å². The maximum absolute atomic E-state index is 11.6. The van der Waals surface area contributed by atoms with Crippen LogP contribution in [0.2, 0.25) is 0 Å². The second kappa shape index (κ2) is 10.7. The summed E-state index contributed by atoms with van der Waals surface area (Å²) in [5, 5.41) is 4.58. The van der Waals surface area contributed by atoms with E-state index in [-0.39, 0.29) is 0 Å². The zero-order valence-corrected chi connectivity index (χ0v) is 19.2. The van der Waals surface area contributed by atoms with Gasteiger partial charge in [-0.05, 0) is 49.2 Å². The molecule has 0 bridgehead atoms. The molecule has 1 saturated heterocycles. The van der Waals surface area contributed by atoms with E-state index >= 15 is 0 Å². The number of hydrogen-bond acceptors (Lipinski definition) is 4. The average molecular weight is 438 g/mol. The minimum atomic E-state index is -3.13. The number of benzene rings is 1. The molecule has 162 valence electrons.